The largest absolute Gasteiger partial charge is 0.497 e. The van der Waals surface area contributed by atoms with Gasteiger partial charge < -0.3 is 14.8 Å². The molecule has 1 atom stereocenters. The Balaban J connectivity index is 1.92. The molecule has 1 aliphatic rings. The van der Waals surface area contributed by atoms with Crippen molar-refractivity contribution in [3.05, 3.63) is 35.7 Å². The van der Waals surface area contributed by atoms with Crippen LogP contribution in [0.3, 0.4) is 0 Å². The van der Waals surface area contributed by atoms with Gasteiger partial charge in [-0.05, 0) is 37.1 Å². The highest BCUT2D eigenvalue weighted by Gasteiger charge is 2.20. The molecular formula is C14H16N2O2. The van der Waals surface area contributed by atoms with E-state index in [4.69, 9.17) is 4.74 Å². The highest BCUT2D eigenvalue weighted by Crippen LogP contribution is 2.25. The van der Waals surface area contributed by atoms with Crippen LogP contribution in [0.15, 0.2) is 24.3 Å². The van der Waals surface area contributed by atoms with Gasteiger partial charge in [-0.15, -0.1) is 0 Å². The van der Waals surface area contributed by atoms with Gasteiger partial charge in [-0.3, -0.25) is 0 Å². The Bertz CT molecular complexity index is 545. The van der Waals surface area contributed by atoms with E-state index < -0.39 is 0 Å². The van der Waals surface area contributed by atoms with Crippen LogP contribution in [0.5, 0.6) is 5.75 Å². The second-order valence-electron chi connectivity index (χ2n) is 4.64. The van der Waals surface area contributed by atoms with Gasteiger partial charge in [0.1, 0.15) is 11.6 Å². The van der Waals surface area contributed by atoms with Crippen molar-refractivity contribution in [1.82, 2.24) is 9.97 Å². The Labute approximate surface area is 106 Å². The van der Waals surface area contributed by atoms with Crippen molar-refractivity contribution in [2.45, 2.75) is 25.4 Å². The topological polar surface area (TPSA) is 58.1 Å². The first kappa shape index (κ1) is 11.3. The number of H-pyrrole nitrogens is 1. The van der Waals surface area contributed by atoms with Crippen LogP contribution in [0, 0.1) is 0 Å². The number of fused-ring (bicyclic) bond motifs is 1. The number of benzene rings is 1. The SMILES string of the molecule is COc1ccc(-c2nc3c([nH]2)CC(O)CC3)cc1. The van der Waals surface area contributed by atoms with E-state index in [1.165, 1.54) is 0 Å². The quantitative estimate of drug-likeness (QED) is 0.848. The summed E-state index contributed by atoms with van der Waals surface area (Å²) in [4.78, 5) is 7.91. The molecule has 2 aromatic rings. The lowest BCUT2D eigenvalue weighted by atomic mass is 9.99. The van der Waals surface area contributed by atoms with Crippen LogP contribution >= 0.6 is 0 Å². The van der Waals surface area contributed by atoms with Crippen LogP contribution in [0.25, 0.3) is 11.4 Å². The maximum atomic E-state index is 9.64. The first-order valence-electron chi connectivity index (χ1n) is 6.16. The molecule has 0 amide bonds. The van der Waals surface area contributed by atoms with E-state index in [9.17, 15) is 5.11 Å². The van der Waals surface area contributed by atoms with Crippen molar-refractivity contribution in [2.24, 2.45) is 0 Å². The summed E-state index contributed by atoms with van der Waals surface area (Å²) in [5.74, 6) is 1.71. The molecule has 1 heterocycles. The zero-order valence-corrected chi connectivity index (χ0v) is 10.3. The van der Waals surface area contributed by atoms with Gasteiger partial charge in [-0.1, -0.05) is 0 Å². The lowest BCUT2D eigenvalue weighted by molar-refractivity contribution is 0.157. The first-order chi connectivity index (χ1) is 8.76. The Morgan fingerprint density at radius 3 is 2.83 bits per heavy atom. The Morgan fingerprint density at radius 2 is 2.11 bits per heavy atom. The highest BCUT2D eigenvalue weighted by atomic mass is 16.5. The maximum Gasteiger partial charge on any atom is 0.137 e. The minimum absolute atomic E-state index is 0.235. The van der Waals surface area contributed by atoms with Gasteiger partial charge >= 0.3 is 0 Å². The normalized spacial score (nSPS) is 18.4. The zero-order valence-electron chi connectivity index (χ0n) is 10.3. The van der Waals surface area contributed by atoms with Crippen molar-refractivity contribution in [3.63, 3.8) is 0 Å². The predicted molar refractivity (Wildman–Crippen MR) is 68.6 cm³/mol. The molecule has 18 heavy (non-hydrogen) atoms. The molecule has 4 nitrogen and oxygen atoms in total. The fourth-order valence-corrected chi connectivity index (χ4v) is 2.35. The summed E-state index contributed by atoms with van der Waals surface area (Å²) >= 11 is 0. The molecule has 0 radical (unpaired) electrons. The summed E-state index contributed by atoms with van der Waals surface area (Å²) in [5, 5.41) is 9.64. The fraction of sp³-hybridized carbons (Fsp3) is 0.357. The van der Waals surface area contributed by atoms with Crippen LogP contribution < -0.4 is 4.74 Å². The van der Waals surface area contributed by atoms with E-state index in [2.05, 4.69) is 9.97 Å². The molecule has 4 heteroatoms. The number of nitrogens with one attached hydrogen (secondary N) is 1. The van der Waals surface area contributed by atoms with Gasteiger partial charge in [0.15, 0.2) is 0 Å². The van der Waals surface area contributed by atoms with Crippen molar-refractivity contribution < 1.29 is 9.84 Å². The first-order valence-corrected chi connectivity index (χ1v) is 6.16. The number of aryl methyl sites for hydroxylation is 1. The van der Waals surface area contributed by atoms with Crippen molar-refractivity contribution in [1.29, 1.82) is 0 Å². The number of nitrogens with zero attached hydrogens (tertiary/aromatic N) is 1. The molecule has 0 fully saturated rings. The molecule has 0 aliphatic heterocycles. The number of ether oxygens (including phenoxy) is 1. The molecular weight excluding hydrogens is 228 g/mol. The number of hydrogen-bond donors (Lipinski definition) is 2. The van der Waals surface area contributed by atoms with Crippen LogP contribution in [0.2, 0.25) is 0 Å². The Kier molecular flexibility index (Phi) is 2.80. The standard InChI is InChI=1S/C14H16N2O2/c1-18-11-5-2-9(3-6-11)14-15-12-7-4-10(17)8-13(12)16-14/h2-3,5-6,10,17H,4,7-8H2,1H3,(H,15,16). The van der Waals surface area contributed by atoms with Crippen molar-refractivity contribution in [3.8, 4) is 17.1 Å². The molecule has 0 spiro atoms. The summed E-state index contributed by atoms with van der Waals surface area (Å²) in [6.07, 6.45) is 2.10. The molecule has 0 saturated heterocycles. The number of hydrogen-bond acceptors (Lipinski definition) is 3. The van der Waals surface area contributed by atoms with E-state index in [-0.39, 0.29) is 6.10 Å². The molecule has 0 bridgehead atoms. The number of aromatic amines is 1. The van der Waals surface area contributed by atoms with Crippen LogP contribution in [-0.2, 0) is 12.8 Å². The second-order valence-corrected chi connectivity index (χ2v) is 4.64. The van der Waals surface area contributed by atoms with Gasteiger partial charge in [0.05, 0.1) is 18.9 Å². The van der Waals surface area contributed by atoms with Crippen molar-refractivity contribution >= 4 is 0 Å². The van der Waals surface area contributed by atoms with Gasteiger partial charge in [0.25, 0.3) is 0 Å². The fourth-order valence-electron chi connectivity index (χ4n) is 2.35. The predicted octanol–water partition coefficient (Wildman–Crippen LogP) is 1.93. The molecule has 1 aromatic carbocycles. The number of aliphatic hydroxyl groups is 1. The van der Waals surface area contributed by atoms with E-state index in [1.54, 1.807) is 7.11 Å². The summed E-state index contributed by atoms with van der Waals surface area (Å²) in [6, 6.07) is 7.82. The summed E-state index contributed by atoms with van der Waals surface area (Å²) in [6.45, 7) is 0. The van der Waals surface area contributed by atoms with Crippen LogP contribution in [0.4, 0.5) is 0 Å². The zero-order chi connectivity index (χ0) is 12.5. The molecule has 1 aliphatic carbocycles. The van der Waals surface area contributed by atoms with Crippen LogP contribution in [0.1, 0.15) is 17.8 Å². The number of imidazole rings is 1. The number of aliphatic hydroxyl groups excluding tert-OH is 1. The minimum atomic E-state index is -0.235. The van der Waals surface area contributed by atoms with Crippen molar-refractivity contribution in [2.75, 3.05) is 7.11 Å². The molecule has 2 N–H and O–H groups in total. The summed E-state index contributed by atoms with van der Waals surface area (Å²) in [5.41, 5.74) is 3.20. The molecule has 94 valence electrons. The maximum absolute atomic E-state index is 9.64. The van der Waals surface area contributed by atoms with E-state index in [1.807, 2.05) is 24.3 Å². The Morgan fingerprint density at radius 1 is 1.33 bits per heavy atom. The lowest BCUT2D eigenvalue weighted by Crippen LogP contribution is -2.18. The second kappa shape index (κ2) is 4.46. The number of rotatable bonds is 2. The summed E-state index contributed by atoms with van der Waals surface area (Å²) < 4.78 is 5.14. The number of aromatic nitrogens is 2. The third-order valence-electron chi connectivity index (χ3n) is 3.38. The number of methoxy groups -OCH3 is 1. The average molecular weight is 244 g/mol. The third-order valence-corrected chi connectivity index (χ3v) is 3.38. The Hall–Kier alpha value is -1.81. The van der Waals surface area contributed by atoms with Crippen LogP contribution in [-0.4, -0.2) is 28.3 Å². The van der Waals surface area contributed by atoms with Gasteiger partial charge in [-0.25, -0.2) is 4.98 Å². The minimum Gasteiger partial charge on any atom is -0.497 e. The van der Waals surface area contributed by atoms with Gasteiger partial charge in [0.2, 0.25) is 0 Å². The van der Waals surface area contributed by atoms with E-state index in [0.29, 0.717) is 6.42 Å². The highest BCUT2D eigenvalue weighted by molar-refractivity contribution is 5.57. The molecule has 3 rings (SSSR count). The monoisotopic (exact) mass is 244 g/mol. The smallest absolute Gasteiger partial charge is 0.137 e. The lowest BCUT2D eigenvalue weighted by Gasteiger charge is -2.14. The van der Waals surface area contributed by atoms with Gasteiger partial charge in [-0.2, -0.15) is 0 Å². The van der Waals surface area contributed by atoms with E-state index >= 15 is 0 Å². The molecule has 0 saturated carbocycles. The van der Waals surface area contributed by atoms with E-state index in [0.717, 1.165) is 41.4 Å². The van der Waals surface area contributed by atoms with Gasteiger partial charge in [0, 0.05) is 17.7 Å². The average Bonchev–Trinajstić information content (AvgIpc) is 2.81. The third kappa shape index (κ3) is 1.99. The molecule has 1 aromatic heterocycles. The molecule has 1 unspecified atom stereocenters. The summed E-state index contributed by atoms with van der Waals surface area (Å²) in [7, 11) is 1.65.